The molecule has 4 N–H and O–H groups in total. The summed E-state index contributed by atoms with van der Waals surface area (Å²) < 4.78 is 25.4. The zero-order valence-electron chi connectivity index (χ0n) is 18.1. The second-order valence-electron chi connectivity index (χ2n) is 7.82. The molecular weight excluding hydrogens is 427 g/mol. The van der Waals surface area contributed by atoms with Gasteiger partial charge in [0.15, 0.2) is 5.88 Å². The average molecular weight is 452 g/mol. The van der Waals surface area contributed by atoms with Crippen molar-refractivity contribution in [3.63, 3.8) is 0 Å². The number of furan rings is 1. The summed E-state index contributed by atoms with van der Waals surface area (Å²) in [4.78, 5) is 24.6. The van der Waals surface area contributed by atoms with Crippen molar-refractivity contribution < 1.29 is 23.1 Å². The standard InChI is InChI=1S/C24H25FN4O4/c1-15(30)28-13-20-14-29(24(31)33-20)18-6-8-21(22(25)10-18)17-4-2-16(3-5-17)11-27-12-19-7-9-23(26)32-19/h2-10,20,27H,11-14,26H2,1H3,(H,28,30). The molecule has 4 rings (SSSR count). The molecule has 3 aromatic rings. The molecule has 0 radical (unpaired) electrons. The zero-order chi connectivity index (χ0) is 23.4. The highest BCUT2D eigenvalue weighted by Gasteiger charge is 2.32. The summed E-state index contributed by atoms with van der Waals surface area (Å²) in [5, 5.41) is 5.89. The van der Waals surface area contributed by atoms with Crippen LogP contribution in [0.3, 0.4) is 0 Å². The van der Waals surface area contributed by atoms with Crippen molar-refractivity contribution in [1.82, 2.24) is 10.6 Å². The molecule has 1 aliphatic heterocycles. The Balaban J connectivity index is 1.37. The highest BCUT2D eigenvalue weighted by molar-refractivity contribution is 5.90. The lowest BCUT2D eigenvalue weighted by atomic mass is 10.0. The van der Waals surface area contributed by atoms with Crippen LogP contribution in [0.25, 0.3) is 11.1 Å². The Morgan fingerprint density at radius 1 is 1.15 bits per heavy atom. The minimum absolute atomic E-state index is 0.204. The summed E-state index contributed by atoms with van der Waals surface area (Å²) >= 11 is 0. The zero-order valence-corrected chi connectivity index (χ0v) is 18.1. The first-order chi connectivity index (χ1) is 15.9. The third-order valence-electron chi connectivity index (χ3n) is 5.29. The van der Waals surface area contributed by atoms with Crippen LogP contribution < -0.4 is 21.3 Å². The average Bonchev–Trinajstić information content (AvgIpc) is 3.38. The normalized spacial score (nSPS) is 15.5. The molecule has 0 aliphatic carbocycles. The maximum absolute atomic E-state index is 14.9. The Hall–Kier alpha value is -3.85. The van der Waals surface area contributed by atoms with Crippen LogP contribution in [0.2, 0.25) is 0 Å². The fourth-order valence-corrected chi connectivity index (χ4v) is 3.62. The lowest BCUT2D eigenvalue weighted by Gasteiger charge is -2.15. The molecule has 1 unspecified atom stereocenters. The predicted octanol–water partition coefficient (Wildman–Crippen LogP) is 3.42. The molecule has 0 saturated carbocycles. The fourth-order valence-electron chi connectivity index (χ4n) is 3.62. The van der Waals surface area contributed by atoms with E-state index in [2.05, 4.69) is 10.6 Å². The molecular formula is C24H25FN4O4. The van der Waals surface area contributed by atoms with E-state index < -0.39 is 18.0 Å². The molecule has 1 aliphatic rings. The number of nitrogens with zero attached hydrogens (tertiary/aromatic N) is 1. The number of cyclic esters (lactones) is 1. The van der Waals surface area contributed by atoms with E-state index in [0.717, 1.165) is 16.9 Å². The first kappa shape index (κ1) is 22.3. The highest BCUT2D eigenvalue weighted by atomic mass is 19.1. The van der Waals surface area contributed by atoms with Crippen LogP contribution in [0.4, 0.5) is 20.8 Å². The first-order valence-corrected chi connectivity index (χ1v) is 10.6. The van der Waals surface area contributed by atoms with Crippen LogP contribution in [0.15, 0.2) is 59.0 Å². The lowest BCUT2D eigenvalue weighted by Crippen LogP contribution is -2.33. The number of carbonyl (C=O) groups excluding carboxylic acids is 2. The van der Waals surface area contributed by atoms with Gasteiger partial charge in [-0.25, -0.2) is 9.18 Å². The van der Waals surface area contributed by atoms with Gasteiger partial charge in [-0.1, -0.05) is 24.3 Å². The molecule has 1 fully saturated rings. The van der Waals surface area contributed by atoms with Crippen molar-refractivity contribution in [2.75, 3.05) is 23.7 Å². The van der Waals surface area contributed by atoms with Crippen molar-refractivity contribution in [2.24, 2.45) is 0 Å². The monoisotopic (exact) mass is 452 g/mol. The van der Waals surface area contributed by atoms with Gasteiger partial charge in [0.2, 0.25) is 5.91 Å². The Kier molecular flexibility index (Phi) is 6.60. The Labute approximate surface area is 190 Å². The molecule has 9 heteroatoms. The van der Waals surface area contributed by atoms with E-state index in [9.17, 15) is 14.0 Å². The molecule has 8 nitrogen and oxygen atoms in total. The number of nitrogens with one attached hydrogen (secondary N) is 2. The largest absolute Gasteiger partial charge is 0.445 e. The topological polar surface area (TPSA) is 110 Å². The number of nitrogen functional groups attached to an aromatic ring is 1. The molecule has 0 bridgehead atoms. The summed E-state index contributed by atoms with van der Waals surface area (Å²) in [7, 11) is 0. The number of anilines is 2. The Morgan fingerprint density at radius 3 is 2.61 bits per heavy atom. The number of ether oxygens (including phenoxy) is 1. The number of benzene rings is 2. The van der Waals surface area contributed by atoms with Gasteiger partial charge in [-0.2, -0.15) is 0 Å². The molecule has 2 heterocycles. The third kappa shape index (κ3) is 5.50. The minimum atomic E-state index is -0.563. The lowest BCUT2D eigenvalue weighted by molar-refractivity contribution is -0.119. The second kappa shape index (κ2) is 9.74. The summed E-state index contributed by atoms with van der Waals surface area (Å²) in [6.45, 7) is 3.03. The van der Waals surface area contributed by atoms with Crippen LogP contribution in [0.5, 0.6) is 0 Å². The third-order valence-corrected chi connectivity index (χ3v) is 5.29. The van der Waals surface area contributed by atoms with E-state index in [0.29, 0.717) is 30.2 Å². The fraction of sp³-hybridized carbons (Fsp3) is 0.250. The maximum atomic E-state index is 14.9. The van der Waals surface area contributed by atoms with Crippen molar-refractivity contribution in [3.8, 4) is 11.1 Å². The van der Waals surface area contributed by atoms with Crippen LogP contribution in [0, 0.1) is 5.82 Å². The molecule has 1 aromatic heterocycles. The molecule has 2 amide bonds. The summed E-state index contributed by atoms with van der Waals surface area (Å²) in [5.41, 5.74) is 8.18. The van der Waals surface area contributed by atoms with Gasteiger partial charge in [-0.3, -0.25) is 9.69 Å². The number of amides is 2. The van der Waals surface area contributed by atoms with E-state index in [1.54, 1.807) is 18.2 Å². The Bertz CT molecular complexity index is 1150. The molecule has 33 heavy (non-hydrogen) atoms. The van der Waals surface area contributed by atoms with Crippen molar-refractivity contribution in [2.45, 2.75) is 26.1 Å². The molecule has 0 spiro atoms. The number of rotatable bonds is 8. The summed E-state index contributed by atoms with van der Waals surface area (Å²) in [6.07, 6.45) is -1.04. The van der Waals surface area contributed by atoms with E-state index in [1.165, 1.54) is 17.9 Å². The predicted molar refractivity (Wildman–Crippen MR) is 122 cm³/mol. The Morgan fingerprint density at radius 2 is 1.94 bits per heavy atom. The number of hydrogen-bond acceptors (Lipinski definition) is 6. The van der Waals surface area contributed by atoms with E-state index in [-0.39, 0.29) is 19.0 Å². The smallest absolute Gasteiger partial charge is 0.414 e. The van der Waals surface area contributed by atoms with Crippen molar-refractivity contribution >= 4 is 23.6 Å². The second-order valence-corrected chi connectivity index (χ2v) is 7.82. The first-order valence-electron chi connectivity index (χ1n) is 10.6. The van der Waals surface area contributed by atoms with Gasteiger partial charge in [0.25, 0.3) is 0 Å². The van der Waals surface area contributed by atoms with Gasteiger partial charge in [0, 0.05) is 25.1 Å². The van der Waals surface area contributed by atoms with Crippen LogP contribution in [-0.4, -0.2) is 31.2 Å². The van der Waals surface area contributed by atoms with Gasteiger partial charge in [-0.05, 0) is 35.4 Å². The van der Waals surface area contributed by atoms with Gasteiger partial charge in [0.1, 0.15) is 17.7 Å². The van der Waals surface area contributed by atoms with Gasteiger partial charge in [-0.15, -0.1) is 0 Å². The highest BCUT2D eigenvalue weighted by Crippen LogP contribution is 2.29. The minimum Gasteiger partial charge on any atom is -0.445 e. The molecule has 2 aromatic carbocycles. The van der Waals surface area contributed by atoms with Crippen LogP contribution >= 0.6 is 0 Å². The van der Waals surface area contributed by atoms with Crippen molar-refractivity contribution in [1.29, 1.82) is 0 Å². The van der Waals surface area contributed by atoms with Crippen LogP contribution in [0.1, 0.15) is 18.2 Å². The summed E-state index contributed by atoms with van der Waals surface area (Å²) in [5.74, 6) is 0.501. The number of hydrogen-bond donors (Lipinski definition) is 3. The van der Waals surface area contributed by atoms with Gasteiger partial charge in [0.05, 0.1) is 25.3 Å². The van der Waals surface area contributed by atoms with Gasteiger partial charge >= 0.3 is 6.09 Å². The van der Waals surface area contributed by atoms with Crippen molar-refractivity contribution in [3.05, 3.63) is 71.7 Å². The van der Waals surface area contributed by atoms with Gasteiger partial charge < -0.3 is 25.5 Å². The summed E-state index contributed by atoms with van der Waals surface area (Å²) in [6, 6.07) is 15.8. The maximum Gasteiger partial charge on any atom is 0.414 e. The molecule has 172 valence electrons. The molecule has 1 saturated heterocycles. The molecule has 1 atom stereocenters. The van der Waals surface area contributed by atoms with E-state index in [1.807, 2.05) is 30.3 Å². The van der Waals surface area contributed by atoms with E-state index in [4.69, 9.17) is 14.9 Å². The number of nitrogens with two attached hydrogens (primary N) is 1. The SMILES string of the molecule is CC(=O)NCC1CN(c2ccc(-c3ccc(CNCc4ccc(N)o4)cc3)c(F)c2)C(=O)O1. The quantitative estimate of drug-likeness (QED) is 0.483. The van der Waals surface area contributed by atoms with Crippen LogP contribution in [-0.2, 0) is 22.6 Å². The van der Waals surface area contributed by atoms with E-state index >= 15 is 0 Å². The number of halogens is 1. The number of carbonyl (C=O) groups is 2.